The third-order valence-corrected chi connectivity index (χ3v) is 7.28. The normalized spacial score (nSPS) is 26.6. The number of piperidine rings is 1. The highest BCUT2D eigenvalue weighted by atomic mass is 19.1. The third kappa shape index (κ3) is 3.09. The summed E-state index contributed by atoms with van der Waals surface area (Å²) in [6, 6.07) is 4.08. The Balaban J connectivity index is 1.27. The summed E-state index contributed by atoms with van der Waals surface area (Å²) in [5.74, 6) is 0.723. The van der Waals surface area contributed by atoms with E-state index in [0.29, 0.717) is 6.67 Å². The molecule has 1 saturated carbocycles. The summed E-state index contributed by atoms with van der Waals surface area (Å²) < 4.78 is 15.3. The lowest BCUT2D eigenvalue weighted by molar-refractivity contribution is -0.136. The van der Waals surface area contributed by atoms with Gasteiger partial charge in [0.15, 0.2) is 11.6 Å². The van der Waals surface area contributed by atoms with E-state index in [4.69, 9.17) is 4.98 Å². The van der Waals surface area contributed by atoms with Gasteiger partial charge in [0.2, 0.25) is 5.91 Å². The lowest BCUT2D eigenvalue weighted by atomic mass is 9.87. The Morgan fingerprint density at radius 2 is 2.03 bits per heavy atom. The van der Waals surface area contributed by atoms with Crippen molar-refractivity contribution in [3.63, 3.8) is 0 Å². The van der Waals surface area contributed by atoms with Crippen LogP contribution in [0.3, 0.4) is 0 Å². The molecular weight excluding hydrogens is 397 g/mol. The number of pyridine rings is 1. The molecule has 2 atom stereocenters. The predicted octanol–water partition coefficient (Wildman–Crippen LogP) is 2.42. The Hall–Kier alpha value is -2.68. The smallest absolute Gasteiger partial charge is 0.227 e. The van der Waals surface area contributed by atoms with Crippen LogP contribution < -0.4 is 15.5 Å². The van der Waals surface area contributed by atoms with E-state index < -0.39 is 0 Å². The number of nitrogens with one attached hydrogen (secondary N) is 2. The Bertz CT molecular complexity index is 997. The first-order chi connectivity index (χ1) is 15.2. The van der Waals surface area contributed by atoms with Crippen molar-refractivity contribution >= 4 is 17.4 Å². The third-order valence-electron chi connectivity index (χ3n) is 7.28. The van der Waals surface area contributed by atoms with E-state index in [9.17, 15) is 9.18 Å². The minimum absolute atomic E-state index is 0.0573. The van der Waals surface area contributed by atoms with Crippen molar-refractivity contribution in [3.05, 3.63) is 36.0 Å². The summed E-state index contributed by atoms with van der Waals surface area (Å²) in [5, 5.41) is 11.2. The molecule has 0 spiro atoms. The fourth-order valence-electron chi connectivity index (χ4n) is 5.50. The van der Waals surface area contributed by atoms with Gasteiger partial charge in [0.1, 0.15) is 5.66 Å². The summed E-state index contributed by atoms with van der Waals surface area (Å²) >= 11 is 0. The maximum Gasteiger partial charge on any atom is 0.227 e. The van der Waals surface area contributed by atoms with E-state index >= 15 is 0 Å². The van der Waals surface area contributed by atoms with Crippen molar-refractivity contribution in [2.45, 2.75) is 50.2 Å². The Morgan fingerprint density at radius 3 is 2.77 bits per heavy atom. The number of halogens is 1. The first-order valence-electron chi connectivity index (χ1n) is 11.4. The quantitative estimate of drug-likeness (QED) is 0.783. The van der Waals surface area contributed by atoms with E-state index in [1.165, 1.54) is 12.4 Å². The van der Waals surface area contributed by atoms with Gasteiger partial charge < -0.3 is 20.4 Å². The molecule has 0 aromatic carbocycles. The van der Waals surface area contributed by atoms with Crippen LogP contribution in [0.25, 0.3) is 0 Å². The Morgan fingerprint density at radius 1 is 1.19 bits per heavy atom. The van der Waals surface area contributed by atoms with Gasteiger partial charge in [-0.05, 0) is 57.2 Å². The molecule has 0 radical (unpaired) electrons. The zero-order valence-corrected chi connectivity index (χ0v) is 17.6. The average Bonchev–Trinajstić information content (AvgIpc) is 3.20. The molecule has 5 heterocycles. The van der Waals surface area contributed by atoms with E-state index in [0.717, 1.165) is 75.4 Å². The van der Waals surface area contributed by atoms with Crippen LogP contribution >= 0.6 is 0 Å². The van der Waals surface area contributed by atoms with Crippen molar-refractivity contribution in [2.75, 3.05) is 36.5 Å². The van der Waals surface area contributed by atoms with Crippen LogP contribution in [-0.2, 0) is 10.5 Å². The number of aromatic nitrogens is 3. The van der Waals surface area contributed by atoms with Gasteiger partial charge in [-0.2, -0.15) is 5.10 Å². The number of anilines is 2. The number of likely N-dealkylation sites (tertiary alicyclic amines) is 1. The summed E-state index contributed by atoms with van der Waals surface area (Å²) in [5.41, 5.74) is 1.61. The maximum atomic E-state index is 13.6. The number of rotatable bonds is 4. The predicted molar refractivity (Wildman–Crippen MR) is 114 cm³/mol. The minimum Gasteiger partial charge on any atom is -0.351 e. The molecule has 6 rings (SSSR count). The number of nitrogens with zero attached hydrogens (tertiary/aromatic N) is 5. The second kappa shape index (κ2) is 7.19. The van der Waals surface area contributed by atoms with E-state index in [2.05, 4.69) is 26.7 Å². The van der Waals surface area contributed by atoms with Crippen LogP contribution in [0, 0.1) is 11.7 Å². The molecule has 2 aromatic rings. The van der Waals surface area contributed by atoms with Gasteiger partial charge >= 0.3 is 0 Å². The number of amides is 1. The Labute approximate surface area is 180 Å². The first-order valence-corrected chi connectivity index (χ1v) is 11.4. The van der Waals surface area contributed by atoms with Gasteiger partial charge in [-0.25, -0.2) is 14.1 Å². The zero-order valence-electron chi connectivity index (χ0n) is 17.6. The number of carbonyl (C=O) groups excluding carboxylic acids is 1. The molecule has 2 aromatic heterocycles. The maximum absolute atomic E-state index is 13.6. The fraction of sp³-hybridized carbons (Fsp3) is 0.591. The van der Waals surface area contributed by atoms with Crippen LogP contribution in [0.1, 0.15) is 50.3 Å². The molecule has 31 heavy (non-hydrogen) atoms. The van der Waals surface area contributed by atoms with E-state index in [-0.39, 0.29) is 29.3 Å². The lowest BCUT2D eigenvalue weighted by Gasteiger charge is -2.34. The zero-order chi connectivity index (χ0) is 21.0. The topological polar surface area (TPSA) is 78.3 Å². The number of hydrogen-bond acceptors (Lipinski definition) is 6. The molecule has 2 unspecified atom stereocenters. The molecule has 9 heteroatoms. The number of carbonyl (C=O) groups is 1. The van der Waals surface area contributed by atoms with Crippen LogP contribution in [0.5, 0.6) is 0 Å². The summed E-state index contributed by atoms with van der Waals surface area (Å²) in [6.45, 7) is 3.28. The SMILES string of the molecule is O=C(C1CCCNC1c1ccc2c(n1)NCN2C1(n2cc(F)cn2)CC1)N1CCCC1. The average molecular weight is 426 g/mol. The second-order valence-corrected chi connectivity index (χ2v) is 9.17. The summed E-state index contributed by atoms with van der Waals surface area (Å²) in [7, 11) is 0. The number of fused-ring (bicyclic) bond motifs is 1. The molecule has 3 fully saturated rings. The largest absolute Gasteiger partial charge is 0.351 e. The molecule has 8 nitrogen and oxygen atoms in total. The fourth-order valence-corrected chi connectivity index (χ4v) is 5.50. The van der Waals surface area contributed by atoms with Crippen molar-refractivity contribution in [1.29, 1.82) is 0 Å². The second-order valence-electron chi connectivity index (χ2n) is 9.17. The first kappa shape index (κ1) is 19.0. The van der Waals surface area contributed by atoms with Crippen LogP contribution in [-0.4, -0.2) is 51.9 Å². The van der Waals surface area contributed by atoms with Crippen LogP contribution in [0.15, 0.2) is 24.5 Å². The highest BCUT2D eigenvalue weighted by molar-refractivity contribution is 5.80. The van der Waals surface area contributed by atoms with Crippen molar-refractivity contribution in [1.82, 2.24) is 25.0 Å². The molecule has 1 amide bonds. The molecule has 2 N–H and O–H groups in total. The van der Waals surface area contributed by atoms with Crippen molar-refractivity contribution < 1.29 is 9.18 Å². The van der Waals surface area contributed by atoms with Crippen LogP contribution in [0.2, 0.25) is 0 Å². The summed E-state index contributed by atoms with van der Waals surface area (Å²) in [6.07, 6.45) is 8.71. The molecule has 1 aliphatic carbocycles. The van der Waals surface area contributed by atoms with Gasteiger partial charge in [0, 0.05) is 13.1 Å². The molecule has 2 saturated heterocycles. The molecule has 3 aliphatic heterocycles. The van der Waals surface area contributed by atoms with Gasteiger partial charge in [-0.1, -0.05) is 0 Å². The van der Waals surface area contributed by atoms with Gasteiger partial charge in [0.05, 0.1) is 42.4 Å². The molecule has 164 valence electrons. The van der Waals surface area contributed by atoms with Crippen LogP contribution in [0.4, 0.5) is 15.9 Å². The Kier molecular flexibility index (Phi) is 4.41. The van der Waals surface area contributed by atoms with Gasteiger partial charge in [-0.3, -0.25) is 4.79 Å². The summed E-state index contributed by atoms with van der Waals surface area (Å²) in [4.78, 5) is 22.4. The lowest BCUT2D eigenvalue weighted by Crippen LogP contribution is -2.44. The van der Waals surface area contributed by atoms with Crippen molar-refractivity contribution in [2.24, 2.45) is 5.92 Å². The van der Waals surface area contributed by atoms with Gasteiger partial charge in [-0.15, -0.1) is 0 Å². The number of hydrogen-bond donors (Lipinski definition) is 2. The molecular formula is C22H28FN7O. The monoisotopic (exact) mass is 425 g/mol. The van der Waals surface area contributed by atoms with E-state index in [1.807, 2.05) is 11.0 Å². The van der Waals surface area contributed by atoms with Gasteiger partial charge in [0.25, 0.3) is 0 Å². The molecule has 0 bridgehead atoms. The van der Waals surface area contributed by atoms with Crippen molar-refractivity contribution in [3.8, 4) is 0 Å². The standard InChI is InChI=1S/C22H28FN7O/c23-15-12-26-30(13-15)22(7-8-22)29-14-25-20-18(29)6-5-17(27-20)19-16(4-3-9-24-19)21(31)28-10-1-2-11-28/h5-6,12-13,16,19,24H,1-4,7-11,14H2,(H,25,27). The highest BCUT2D eigenvalue weighted by Crippen LogP contribution is 2.51. The molecule has 4 aliphatic rings. The highest BCUT2D eigenvalue weighted by Gasteiger charge is 2.53. The minimum atomic E-state index is -0.316. The van der Waals surface area contributed by atoms with E-state index in [1.54, 1.807) is 4.68 Å².